The van der Waals surface area contributed by atoms with Gasteiger partial charge >= 0.3 is 0 Å². The molecule has 0 unspecified atom stereocenters. The summed E-state index contributed by atoms with van der Waals surface area (Å²) in [6.45, 7) is 2.86. The highest BCUT2D eigenvalue weighted by molar-refractivity contribution is 7.90. The number of nitrogens with one attached hydrogen (secondary N) is 1. The molecule has 1 heterocycles. The first-order valence-corrected chi connectivity index (χ1v) is 11.3. The van der Waals surface area contributed by atoms with Crippen LogP contribution in [0.3, 0.4) is 0 Å². The molecule has 1 amide bonds. The van der Waals surface area contributed by atoms with Gasteiger partial charge in [-0.2, -0.15) is 8.42 Å². The molecule has 0 bridgehead atoms. The molecule has 7 heteroatoms. The third-order valence-corrected chi connectivity index (χ3v) is 6.27. The Morgan fingerprint density at radius 2 is 1.93 bits per heavy atom. The van der Waals surface area contributed by atoms with Crippen LogP contribution in [-0.2, 0) is 21.2 Å². The Balaban J connectivity index is 1.59. The summed E-state index contributed by atoms with van der Waals surface area (Å²) >= 11 is 0. The Morgan fingerprint density at radius 1 is 1.17 bits per heavy atom. The summed E-state index contributed by atoms with van der Waals surface area (Å²) in [4.78, 5) is 14.2. The molecular weight excluding hydrogens is 386 g/mol. The number of amides is 1. The van der Waals surface area contributed by atoms with Crippen molar-refractivity contribution in [1.29, 1.82) is 0 Å². The molecule has 154 valence electrons. The van der Waals surface area contributed by atoms with Crippen LogP contribution in [0.1, 0.15) is 36.8 Å². The number of amidine groups is 1. The Morgan fingerprint density at radius 3 is 2.62 bits per heavy atom. The minimum absolute atomic E-state index is 0.0859. The first-order valence-electron chi connectivity index (χ1n) is 9.84. The molecule has 1 N–H and O–H groups in total. The summed E-state index contributed by atoms with van der Waals surface area (Å²) in [5, 5.41) is 2.79. The van der Waals surface area contributed by atoms with E-state index in [9.17, 15) is 13.2 Å². The van der Waals surface area contributed by atoms with E-state index in [0.29, 0.717) is 24.4 Å². The van der Waals surface area contributed by atoms with E-state index in [1.807, 2.05) is 18.9 Å². The van der Waals surface area contributed by atoms with Crippen molar-refractivity contribution in [3.8, 4) is 0 Å². The highest BCUT2D eigenvalue weighted by Crippen LogP contribution is 2.20. The third kappa shape index (κ3) is 5.90. The summed E-state index contributed by atoms with van der Waals surface area (Å²) in [5.74, 6) is 0.448. The average molecular weight is 414 g/mol. The molecule has 2 aromatic carbocycles. The summed E-state index contributed by atoms with van der Waals surface area (Å²) in [7, 11) is -1.95. The molecule has 0 aromatic heterocycles. The molecule has 3 rings (SSSR count). The molecule has 6 nitrogen and oxygen atoms in total. The number of hydrogen-bond donors (Lipinski definition) is 1. The molecule has 0 aliphatic carbocycles. The van der Waals surface area contributed by atoms with Crippen molar-refractivity contribution in [2.45, 2.75) is 43.9 Å². The molecule has 0 spiro atoms. The van der Waals surface area contributed by atoms with Crippen LogP contribution in [-0.4, -0.2) is 38.7 Å². The van der Waals surface area contributed by atoms with Crippen molar-refractivity contribution in [2.24, 2.45) is 4.40 Å². The van der Waals surface area contributed by atoms with E-state index >= 15 is 0 Å². The third-order valence-electron chi connectivity index (χ3n) is 4.97. The van der Waals surface area contributed by atoms with Gasteiger partial charge in [0.1, 0.15) is 5.84 Å². The highest BCUT2D eigenvalue weighted by Gasteiger charge is 2.20. The van der Waals surface area contributed by atoms with E-state index in [1.54, 1.807) is 12.1 Å². The first kappa shape index (κ1) is 21.0. The van der Waals surface area contributed by atoms with Crippen LogP contribution in [0.2, 0.25) is 0 Å². The van der Waals surface area contributed by atoms with E-state index < -0.39 is 10.0 Å². The number of sulfonamides is 1. The fraction of sp³-hybridized carbons (Fsp3) is 0.364. The summed E-state index contributed by atoms with van der Waals surface area (Å²) in [6.07, 6.45) is 3.49. The van der Waals surface area contributed by atoms with Gasteiger partial charge in [0.25, 0.3) is 10.0 Å². The predicted molar refractivity (Wildman–Crippen MR) is 116 cm³/mol. The van der Waals surface area contributed by atoms with Gasteiger partial charge in [-0.05, 0) is 49.9 Å². The minimum Gasteiger partial charge on any atom is -0.362 e. The van der Waals surface area contributed by atoms with Gasteiger partial charge in [0.05, 0.1) is 4.90 Å². The van der Waals surface area contributed by atoms with E-state index in [0.717, 1.165) is 25.8 Å². The summed E-state index contributed by atoms with van der Waals surface area (Å²) < 4.78 is 29.2. The number of likely N-dealkylation sites (tertiary alicyclic amines) is 1. The lowest BCUT2D eigenvalue weighted by molar-refractivity contribution is -0.116. The van der Waals surface area contributed by atoms with E-state index in [2.05, 4.69) is 34.0 Å². The van der Waals surface area contributed by atoms with Crippen LogP contribution in [0.4, 0.5) is 5.69 Å². The second-order valence-corrected chi connectivity index (χ2v) is 9.03. The minimum atomic E-state index is -3.80. The molecule has 1 aliphatic heterocycles. The lowest BCUT2D eigenvalue weighted by Gasteiger charge is -2.11. The largest absolute Gasteiger partial charge is 0.362 e. The van der Waals surface area contributed by atoms with Crippen LogP contribution in [0.25, 0.3) is 0 Å². The van der Waals surface area contributed by atoms with Gasteiger partial charge in [-0.15, -0.1) is 4.40 Å². The molecule has 0 saturated carbocycles. The van der Waals surface area contributed by atoms with Crippen molar-refractivity contribution >= 4 is 27.5 Å². The molecule has 1 saturated heterocycles. The lowest BCUT2D eigenvalue weighted by Crippen LogP contribution is -2.20. The SMILES string of the molecule is Cc1ccc(CCCC(=O)Nc2cccc(S(=O)(=O)/N=C3\CCCN3C)c2)cc1. The Hall–Kier alpha value is -2.67. The van der Waals surface area contributed by atoms with Gasteiger partial charge in [0, 0.05) is 32.1 Å². The van der Waals surface area contributed by atoms with Gasteiger partial charge < -0.3 is 10.2 Å². The molecule has 2 aromatic rings. The number of nitrogens with zero attached hydrogens (tertiary/aromatic N) is 2. The molecular formula is C22H27N3O3S. The number of rotatable bonds is 7. The highest BCUT2D eigenvalue weighted by atomic mass is 32.2. The van der Waals surface area contributed by atoms with Crippen LogP contribution < -0.4 is 5.32 Å². The van der Waals surface area contributed by atoms with Gasteiger partial charge in [0.2, 0.25) is 5.91 Å². The van der Waals surface area contributed by atoms with Crippen LogP contribution in [0, 0.1) is 6.92 Å². The molecule has 1 fully saturated rings. The molecule has 0 atom stereocenters. The number of carbonyl (C=O) groups excluding carboxylic acids is 1. The monoisotopic (exact) mass is 413 g/mol. The second-order valence-electron chi connectivity index (χ2n) is 7.42. The fourth-order valence-corrected chi connectivity index (χ4v) is 4.41. The van der Waals surface area contributed by atoms with Crippen LogP contribution in [0.15, 0.2) is 57.8 Å². The first-order chi connectivity index (χ1) is 13.8. The zero-order valence-electron chi connectivity index (χ0n) is 16.9. The van der Waals surface area contributed by atoms with Crippen molar-refractivity contribution in [1.82, 2.24) is 4.90 Å². The zero-order valence-corrected chi connectivity index (χ0v) is 17.7. The van der Waals surface area contributed by atoms with Gasteiger partial charge in [-0.3, -0.25) is 4.79 Å². The fourth-order valence-electron chi connectivity index (χ4n) is 3.27. The van der Waals surface area contributed by atoms with Crippen molar-refractivity contribution in [3.05, 3.63) is 59.7 Å². The maximum atomic E-state index is 12.6. The number of anilines is 1. The quantitative estimate of drug-likeness (QED) is 0.749. The topological polar surface area (TPSA) is 78.8 Å². The molecule has 1 aliphatic rings. The zero-order chi connectivity index (χ0) is 20.9. The van der Waals surface area contributed by atoms with Crippen LogP contribution in [0.5, 0.6) is 0 Å². The van der Waals surface area contributed by atoms with E-state index in [1.165, 1.54) is 23.3 Å². The number of hydrogen-bond acceptors (Lipinski definition) is 3. The second kappa shape index (κ2) is 9.22. The number of aryl methyl sites for hydroxylation is 2. The Bertz CT molecular complexity index is 998. The Kier molecular flexibility index (Phi) is 6.69. The Labute approximate surface area is 172 Å². The van der Waals surface area contributed by atoms with Gasteiger partial charge in [-0.25, -0.2) is 0 Å². The van der Waals surface area contributed by atoms with E-state index in [-0.39, 0.29) is 10.8 Å². The normalized spacial score (nSPS) is 15.7. The predicted octanol–water partition coefficient (Wildman–Crippen LogP) is 3.77. The van der Waals surface area contributed by atoms with Gasteiger partial charge in [-0.1, -0.05) is 35.9 Å². The smallest absolute Gasteiger partial charge is 0.284 e. The molecule has 29 heavy (non-hydrogen) atoms. The van der Waals surface area contributed by atoms with Crippen molar-refractivity contribution in [3.63, 3.8) is 0 Å². The molecule has 0 radical (unpaired) electrons. The number of carbonyl (C=O) groups is 1. The average Bonchev–Trinajstić information content (AvgIpc) is 3.07. The van der Waals surface area contributed by atoms with Gasteiger partial charge in [0.15, 0.2) is 0 Å². The van der Waals surface area contributed by atoms with Crippen molar-refractivity contribution < 1.29 is 13.2 Å². The van der Waals surface area contributed by atoms with E-state index in [4.69, 9.17) is 0 Å². The van der Waals surface area contributed by atoms with Crippen LogP contribution >= 0.6 is 0 Å². The maximum absolute atomic E-state index is 12.6. The van der Waals surface area contributed by atoms with Crippen molar-refractivity contribution in [2.75, 3.05) is 18.9 Å². The standard InChI is InChI=1S/C22H27N3O3S/c1-17-11-13-18(14-12-17)6-3-10-22(26)23-19-7-4-8-20(16-19)29(27,28)24-21-9-5-15-25(21)2/h4,7-8,11-14,16H,3,5-6,9-10,15H2,1-2H3,(H,23,26)/b24-21+. The maximum Gasteiger partial charge on any atom is 0.284 e. The lowest BCUT2D eigenvalue weighted by atomic mass is 10.1. The number of benzene rings is 2. The summed E-state index contributed by atoms with van der Waals surface area (Å²) in [6, 6.07) is 14.5. The summed E-state index contributed by atoms with van der Waals surface area (Å²) in [5.41, 5.74) is 2.88.